The van der Waals surface area contributed by atoms with Crippen LogP contribution in [0.4, 0.5) is 0 Å². The van der Waals surface area contributed by atoms with E-state index in [2.05, 4.69) is 5.32 Å². The van der Waals surface area contributed by atoms with Crippen molar-refractivity contribution in [2.75, 3.05) is 6.54 Å². The smallest absolute Gasteiger partial charge is 0.375 e. The van der Waals surface area contributed by atoms with Gasteiger partial charge in [0.05, 0.1) is 0 Å². The van der Waals surface area contributed by atoms with E-state index in [1.54, 1.807) is 30.3 Å². The molecule has 0 fully saturated rings. The van der Waals surface area contributed by atoms with Crippen molar-refractivity contribution in [3.05, 3.63) is 47.7 Å². The van der Waals surface area contributed by atoms with Crippen molar-refractivity contribution in [3.8, 4) is 11.3 Å². The lowest BCUT2D eigenvalue weighted by molar-refractivity contribution is -0.129. The van der Waals surface area contributed by atoms with Crippen molar-refractivity contribution < 1.29 is 23.5 Å². The van der Waals surface area contributed by atoms with Gasteiger partial charge < -0.3 is 14.5 Å². The van der Waals surface area contributed by atoms with Crippen molar-refractivity contribution in [3.63, 3.8) is 0 Å². The van der Waals surface area contributed by atoms with Crippen molar-refractivity contribution in [2.24, 2.45) is 5.92 Å². The lowest BCUT2D eigenvalue weighted by Crippen LogP contribution is -2.37. The quantitative estimate of drug-likeness (QED) is 0.606. The molecule has 0 radical (unpaired) electrons. The first-order valence-corrected chi connectivity index (χ1v) is 8.48. The van der Waals surface area contributed by atoms with E-state index in [4.69, 9.17) is 9.15 Å². The van der Waals surface area contributed by atoms with Crippen molar-refractivity contribution >= 4 is 17.7 Å². The first-order valence-electron chi connectivity index (χ1n) is 8.48. The number of Topliss-reactive ketones (excluding diaryl/α,β-unsaturated/α-hetero) is 1. The largest absolute Gasteiger partial charge is 0.449 e. The Morgan fingerprint density at radius 1 is 1.04 bits per heavy atom. The molecule has 0 bridgehead atoms. The molecule has 0 saturated carbocycles. The van der Waals surface area contributed by atoms with E-state index in [0.29, 0.717) is 23.8 Å². The topological polar surface area (TPSA) is 85.6 Å². The molecule has 0 saturated heterocycles. The molecule has 0 aliphatic carbocycles. The molecule has 6 heteroatoms. The Bertz CT molecular complexity index is 789. The zero-order chi connectivity index (χ0) is 19.3. The van der Waals surface area contributed by atoms with Crippen LogP contribution in [0.5, 0.6) is 0 Å². The number of ether oxygens (including phenoxy) is 1. The van der Waals surface area contributed by atoms with Gasteiger partial charge in [-0.2, -0.15) is 0 Å². The van der Waals surface area contributed by atoms with Crippen molar-refractivity contribution in [1.29, 1.82) is 0 Å². The lowest BCUT2D eigenvalue weighted by atomic mass is 10.1. The van der Waals surface area contributed by atoms with Gasteiger partial charge >= 0.3 is 5.97 Å². The predicted octanol–water partition coefficient (Wildman–Crippen LogP) is 3.47. The SMILES string of the molecule is CC(=O)c1ccc(-c2ccc(C(=O)O[C@@H](C)C(=O)NCC(C)C)o2)cc1. The second-order valence-electron chi connectivity index (χ2n) is 6.48. The van der Waals surface area contributed by atoms with Gasteiger partial charge in [-0.25, -0.2) is 4.79 Å². The third-order valence-corrected chi connectivity index (χ3v) is 3.72. The fourth-order valence-corrected chi connectivity index (χ4v) is 2.19. The molecule has 1 aromatic carbocycles. The molecule has 1 amide bonds. The van der Waals surface area contributed by atoms with Gasteiger partial charge in [0.1, 0.15) is 5.76 Å². The lowest BCUT2D eigenvalue weighted by Gasteiger charge is -2.13. The first-order chi connectivity index (χ1) is 12.3. The molecule has 2 aromatic rings. The summed E-state index contributed by atoms with van der Waals surface area (Å²) in [6.07, 6.45) is -0.912. The van der Waals surface area contributed by atoms with Crippen LogP contribution < -0.4 is 5.32 Å². The number of rotatable bonds is 7. The van der Waals surface area contributed by atoms with Gasteiger partial charge in [0.25, 0.3) is 5.91 Å². The summed E-state index contributed by atoms with van der Waals surface area (Å²) in [6, 6.07) is 10.0. The summed E-state index contributed by atoms with van der Waals surface area (Å²) < 4.78 is 10.7. The van der Waals surface area contributed by atoms with Crippen molar-refractivity contribution in [1.82, 2.24) is 5.32 Å². The highest BCUT2D eigenvalue weighted by Crippen LogP contribution is 2.23. The van der Waals surface area contributed by atoms with E-state index in [0.717, 1.165) is 5.56 Å². The van der Waals surface area contributed by atoms with Crippen LogP contribution in [-0.2, 0) is 9.53 Å². The number of hydrogen-bond donors (Lipinski definition) is 1. The Labute approximate surface area is 152 Å². The Kier molecular flexibility index (Phi) is 6.33. The van der Waals surface area contributed by atoms with Gasteiger partial charge in [-0.1, -0.05) is 38.1 Å². The molecule has 0 aliphatic heterocycles. The molecule has 0 unspecified atom stereocenters. The normalized spacial score (nSPS) is 11.9. The minimum Gasteiger partial charge on any atom is -0.449 e. The van der Waals surface area contributed by atoms with Crippen molar-refractivity contribution in [2.45, 2.75) is 33.8 Å². The van der Waals surface area contributed by atoms with Crippen LogP contribution in [-0.4, -0.2) is 30.3 Å². The first kappa shape index (κ1) is 19.4. The number of ketones is 1. The molecule has 0 spiro atoms. The predicted molar refractivity (Wildman–Crippen MR) is 96.9 cm³/mol. The molecule has 26 heavy (non-hydrogen) atoms. The molecule has 138 valence electrons. The van der Waals surface area contributed by atoms with Gasteiger partial charge in [0, 0.05) is 17.7 Å². The zero-order valence-corrected chi connectivity index (χ0v) is 15.4. The molecule has 1 atom stereocenters. The number of amides is 1. The second-order valence-corrected chi connectivity index (χ2v) is 6.48. The van der Waals surface area contributed by atoms with Crippen LogP contribution >= 0.6 is 0 Å². The van der Waals surface area contributed by atoms with Crippen LogP contribution in [0, 0.1) is 5.92 Å². The van der Waals surface area contributed by atoms with Crippen LogP contribution in [0.2, 0.25) is 0 Å². The summed E-state index contributed by atoms with van der Waals surface area (Å²) in [6.45, 7) is 7.48. The molecular formula is C20H23NO5. The molecular weight excluding hydrogens is 334 g/mol. The van der Waals surface area contributed by atoms with E-state index >= 15 is 0 Å². The Hall–Kier alpha value is -2.89. The maximum Gasteiger partial charge on any atom is 0.375 e. The number of nitrogens with one attached hydrogen (secondary N) is 1. The third kappa shape index (κ3) is 5.05. The monoisotopic (exact) mass is 357 g/mol. The van der Waals surface area contributed by atoms with Crippen LogP contribution in [0.1, 0.15) is 48.6 Å². The minimum atomic E-state index is -0.912. The van der Waals surface area contributed by atoms with Gasteiger partial charge in [-0.3, -0.25) is 9.59 Å². The summed E-state index contributed by atoms with van der Waals surface area (Å²) in [7, 11) is 0. The number of hydrogen-bond acceptors (Lipinski definition) is 5. The molecule has 1 heterocycles. The van der Waals surface area contributed by atoms with E-state index in [9.17, 15) is 14.4 Å². The maximum absolute atomic E-state index is 12.1. The number of carbonyl (C=O) groups excluding carboxylic acids is 3. The highest BCUT2D eigenvalue weighted by molar-refractivity contribution is 5.94. The van der Waals surface area contributed by atoms with Gasteiger partial charge in [-0.05, 0) is 31.9 Å². The van der Waals surface area contributed by atoms with E-state index in [1.165, 1.54) is 19.9 Å². The van der Waals surface area contributed by atoms with Gasteiger partial charge in [-0.15, -0.1) is 0 Å². The summed E-state index contributed by atoms with van der Waals surface area (Å²) >= 11 is 0. The van der Waals surface area contributed by atoms with Gasteiger partial charge in [0.15, 0.2) is 11.9 Å². The summed E-state index contributed by atoms with van der Waals surface area (Å²) in [5.41, 5.74) is 1.33. The number of carbonyl (C=O) groups is 3. The Balaban J connectivity index is 2.01. The number of furan rings is 1. The Morgan fingerprint density at radius 3 is 2.27 bits per heavy atom. The minimum absolute atomic E-state index is 0.0131. The summed E-state index contributed by atoms with van der Waals surface area (Å²) in [4.78, 5) is 35.3. The molecule has 1 aromatic heterocycles. The second kappa shape index (κ2) is 8.47. The average molecular weight is 357 g/mol. The van der Waals surface area contributed by atoms with Crippen LogP contribution in [0.3, 0.4) is 0 Å². The highest BCUT2D eigenvalue weighted by atomic mass is 16.6. The van der Waals surface area contributed by atoms with E-state index < -0.39 is 12.1 Å². The zero-order valence-electron chi connectivity index (χ0n) is 15.4. The standard InChI is InChI=1S/C20H23NO5/c1-12(2)11-21-19(23)14(4)25-20(24)18-10-9-17(26-18)16-7-5-15(6-8-16)13(3)22/h5-10,12,14H,11H2,1-4H3,(H,21,23)/t14-/m0/s1. The van der Waals surface area contributed by atoms with Crippen LogP contribution in [0.25, 0.3) is 11.3 Å². The molecule has 1 N–H and O–H groups in total. The fourth-order valence-electron chi connectivity index (χ4n) is 2.19. The fraction of sp³-hybridized carbons (Fsp3) is 0.350. The number of esters is 1. The Morgan fingerprint density at radius 2 is 1.69 bits per heavy atom. The maximum atomic E-state index is 12.1. The summed E-state index contributed by atoms with van der Waals surface area (Å²) in [5.74, 6) is -0.278. The van der Waals surface area contributed by atoms with Gasteiger partial charge in [0.2, 0.25) is 5.76 Å². The molecule has 6 nitrogen and oxygen atoms in total. The third-order valence-electron chi connectivity index (χ3n) is 3.72. The van der Waals surface area contributed by atoms with Crippen LogP contribution in [0.15, 0.2) is 40.8 Å². The molecule has 2 rings (SSSR count). The average Bonchev–Trinajstić information content (AvgIpc) is 3.09. The summed E-state index contributed by atoms with van der Waals surface area (Å²) in [5, 5.41) is 2.71. The molecule has 0 aliphatic rings. The van der Waals surface area contributed by atoms with E-state index in [1.807, 2.05) is 13.8 Å². The van der Waals surface area contributed by atoms with E-state index in [-0.39, 0.29) is 17.5 Å². The number of benzene rings is 1. The highest BCUT2D eigenvalue weighted by Gasteiger charge is 2.21.